The van der Waals surface area contributed by atoms with Crippen LogP contribution in [0.5, 0.6) is 0 Å². The van der Waals surface area contributed by atoms with Crippen LogP contribution >= 0.6 is 0 Å². The van der Waals surface area contributed by atoms with E-state index in [4.69, 9.17) is 0 Å². The molecule has 0 aliphatic heterocycles. The van der Waals surface area contributed by atoms with Crippen LogP contribution in [-0.2, 0) is 10.0 Å². The van der Waals surface area contributed by atoms with Crippen LogP contribution in [0, 0.1) is 41.4 Å². The summed E-state index contributed by atoms with van der Waals surface area (Å²) in [6, 6.07) is 6.81. The summed E-state index contributed by atoms with van der Waals surface area (Å²) in [6.45, 7) is 20.8. The van der Waals surface area contributed by atoms with Crippen molar-refractivity contribution in [2.75, 3.05) is 0 Å². The summed E-state index contributed by atoms with van der Waals surface area (Å²) in [5.41, 5.74) is 5.65. The molecule has 0 amide bonds. The van der Waals surface area contributed by atoms with Gasteiger partial charge in [0.2, 0.25) is 10.0 Å². The van der Waals surface area contributed by atoms with Crippen LogP contribution in [0.1, 0.15) is 111 Å². The summed E-state index contributed by atoms with van der Waals surface area (Å²) in [5.74, 6) is 2.69. The zero-order chi connectivity index (χ0) is 29.3. The Morgan fingerprint density at radius 3 is 2.52 bits per heavy atom. The fraction of sp³-hybridized carbons (Fsp3) is 0.667. The molecule has 0 heterocycles. The van der Waals surface area contributed by atoms with E-state index in [1.165, 1.54) is 56.9 Å². The van der Waals surface area contributed by atoms with Crippen LogP contribution in [0.25, 0.3) is 0 Å². The van der Waals surface area contributed by atoms with Gasteiger partial charge in [0.1, 0.15) is 0 Å². The number of hydrogen-bond donors (Lipinski definition) is 1. The number of fused-ring (bicyclic) bond motifs is 1. The molecule has 222 valence electrons. The standard InChI is InChI=1S/C36H55NO2S/c1-25-13-17-31(18-14-25)40(38,39)37-34-24-26(2)23-30(28(34)4)16-15-29-12-10-22-36(8)32(19-20-33(29)36)27(3)11-9-21-35(5,6)7/h13-18,26-27,32-34,37H,4,9-12,19-24H2,1-3,5-8H3/b29-15+,30-16-/t26-,27-,32-,33+,34+,36-/m1/s1. The zero-order valence-corrected chi connectivity index (χ0v) is 27.2. The Bertz CT molecular complexity index is 1220. The first-order chi connectivity index (χ1) is 18.7. The Labute approximate surface area is 246 Å². The van der Waals surface area contributed by atoms with Crippen LogP contribution in [0.3, 0.4) is 0 Å². The molecule has 4 heteroatoms. The SMILES string of the molecule is C=C1/C(=C\C=C2/CCC[C@]3(C)[C@@H]([C@H](C)CCCC(C)(C)C)CC[C@@H]23)C[C@@H](C)C[C@@H]1NS(=O)(=O)c1ccc(C)cc1. The molecule has 0 bridgehead atoms. The highest BCUT2D eigenvalue weighted by Crippen LogP contribution is 2.60. The molecule has 4 rings (SSSR count). The molecule has 0 spiro atoms. The summed E-state index contributed by atoms with van der Waals surface area (Å²) in [7, 11) is -3.59. The summed E-state index contributed by atoms with van der Waals surface area (Å²) in [4.78, 5) is 0.321. The number of aryl methyl sites for hydroxylation is 1. The smallest absolute Gasteiger partial charge is 0.207 e. The third-order valence-corrected chi connectivity index (χ3v) is 12.0. The average molecular weight is 566 g/mol. The molecular formula is C36H55NO2S. The molecule has 3 fully saturated rings. The van der Waals surface area contributed by atoms with Gasteiger partial charge < -0.3 is 0 Å². The van der Waals surface area contributed by atoms with Gasteiger partial charge in [0.25, 0.3) is 0 Å². The summed E-state index contributed by atoms with van der Waals surface area (Å²) >= 11 is 0. The maximum atomic E-state index is 13.2. The minimum absolute atomic E-state index is 0.263. The normalized spacial score (nSPS) is 32.4. The molecule has 40 heavy (non-hydrogen) atoms. The Morgan fingerprint density at radius 2 is 1.85 bits per heavy atom. The summed E-state index contributed by atoms with van der Waals surface area (Å²) in [6.07, 6.45) is 17.0. The monoisotopic (exact) mass is 565 g/mol. The summed E-state index contributed by atoms with van der Waals surface area (Å²) in [5, 5.41) is 0. The lowest BCUT2D eigenvalue weighted by Crippen LogP contribution is -2.40. The molecule has 0 saturated heterocycles. The second-order valence-corrected chi connectivity index (χ2v) is 16.7. The van der Waals surface area contributed by atoms with E-state index in [1.807, 2.05) is 19.1 Å². The predicted molar refractivity (Wildman–Crippen MR) is 170 cm³/mol. The minimum atomic E-state index is -3.59. The van der Waals surface area contributed by atoms with Gasteiger partial charge >= 0.3 is 0 Å². The van der Waals surface area contributed by atoms with E-state index >= 15 is 0 Å². The number of rotatable bonds is 8. The van der Waals surface area contributed by atoms with Gasteiger partial charge in [-0.25, -0.2) is 13.1 Å². The maximum absolute atomic E-state index is 13.2. The van der Waals surface area contributed by atoms with Crippen LogP contribution < -0.4 is 4.72 Å². The van der Waals surface area contributed by atoms with Crippen molar-refractivity contribution in [3.8, 4) is 0 Å². The van der Waals surface area contributed by atoms with E-state index in [0.717, 1.165) is 35.8 Å². The van der Waals surface area contributed by atoms with E-state index in [1.54, 1.807) is 17.7 Å². The fourth-order valence-electron chi connectivity index (χ4n) is 8.20. The molecule has 0 radical (unpaired) electrons. The van der Waals surface area contributed by atoms with E-state index in [2.05, 4.69) is 65.0 Å². The zero-order valence-electron chi connectivity index (χ0n) is 26.4. The van der Waals surface area contributed by atoms with Crippen molar-refractivity contribution in [3.05, 3.63) is 65.3 Å². The molecule has 1 aromatic carbocycles. The molecule has 3 nitrogen and oxygen atoms in total. The van der Waals surface area contributed by atoms with Gasteiger partial charge in [0.05, 0.1) is 4.90 Å². The van der Waals surface area contributed by atoms with Crippen molar-refractivity contribution in [2.24, 2.45) is 34.5 Å². The molecule has 0 unspecified atom stereocenters. The Kier molecular flexibility index (Phi) is 9.62. The van der Waals surface area contributed by atoms with Crippen molar-refractivity contribution in [1.82, 2.24) is 4.72 Å². The molecule has 1 N–H and O–H groups in total. The minimum Gasteiger partial charge on any atom is -0.207 e. The van der Waals surface area contributed by atoms with E-state index in [0.29, 0.717) is 27.6 Å². The molecule has 6 atom stereocenters. The first-order valence-corrected chi connectivity index (χ1v) is 17.4. The average Bonchev–Trinajstić information content (AvgIpc) is 3.22. The number of hydrogen-bond acceptors (Lipinski definition) is 2. The third-order valence-electron chi connectivity index (χ3n) is 10.5. The number of allylic oxidation sites excluding steroid dienone is 3. The highest BCUT2D eigenvalue weighted by Gasteiger charge is 2.50. The lowest BCUT2D eigenvalue weighted by molar-refractivity contribution is 0.0920. The third kappa shape index (κ3) is 7.21. The Hall–Kier alpha value is -1.65. The molecule has 3 saturated carbocycles. The predicted octanol–water partition coefficient (Wildman–Crippen LogP) is 9.55. The van der Waals surface area contributed by atoms with Crippen molar-refractivity contribution in [2.45, 2.75) is 124 Å². The van der Waals surface area contributed by atoms with Crippen molar-refractivity contribution < 1.29 is 8.42 Å². The van der Waals surface area contributed by atoms with Gasteiger partial charge in [0.15, 0.2) is 0 Å². The van der Waals surface area contributed by atoms with Gasteiger partial charge in [-0.05, 0) is 116 Å². The molecule has 3 aliphatic carbocycles. The van der Waals surface area contributed by atoms with Crippen LogP contribution in [0.15, 0.2) is 64.6 Å². The Balaban J connectivity index is 1.47. The highest BCUT2D eigenvalue weighted by molar-refractivity contribution is 7.89. The maximum Gasteiger partial charge on any atom is 0.241 e. The number of nitrogens with one attached hydrogen (secondary N) is 1. The first-order valence-electron chi connectivity index (χ1n) is 15.9. The highest BCUT2D eigenvalue weighted by atomic mass is 32.2. The topological polar surface area (TPSA) is 46.2 Å². The van der Waals surface area contributed by atoms with Crippen LogP contribution in [-0.4, -0.2) is 14.5 Å². The van der Waals surface area contributed by atoms with Gasteiger partial charge in [-0.15, -0.1) is 0 Å². The van der Waals surface area contributed by atoms with E-state index in [9.17, 15) is 8.42 Å². The lowest BCUT2D eigenvalue weighted by Gasteiger charge is -2.44. The van der Waals surface area contributed by atoms with Crippen molar-refractivity contribution in [3.63, 3.8) is 0 Å². The number of benzene rings is 1. The quantitative estimate of drug-likeness (QED) is 0.341. The second kappa shape index (κ2) is 12.3. The van der Waals surface area contributed by atoms with Crippen LogP contribution in [0.4, 0.5) is 0 Å². The largest absolute Gasteiger partial charge is 0.241 e. The molecule has 0 aromatic heterocycles. The number of sulfonamides is 1. The van der Waals surface area contributed by atoms with Crippen LogP contribution in [0.2, 0.25) is 0 Å². The molecular weight excluding hydrogens is 510 g/mol. The fourth-order valence-corrected chi connectivity index (χ4v) is 9.45. The van der Waals surface area contributed by atoms with Gasteiger partial charge in [-0.2, -0.15) is 0 Å². The van der Waals surface area contributed by atoms with E-state index in [-0.39, 0.29) is 6.04 Å². The lowest BCUT2D eigenvalue weighted by atomic mass is 9.60. The molecule has 1 aromatic rings. The van der Waals surface area contributed by atoms with Gasteiger partial charge in [0, 0.05) is 6.04 Å². The van der Waals surface area contributed by atoms with Gasteiger partial charge in [-0.1, -0.05) is 96.4 Å². The van der Waals surface area contributed by atoms with Crippen molar-refractivity contribution >= 4 is 10.0 Å². The second-order valence-electron chi connectivity index (χ2n) is 15.0. The molecule has 3 aliphatic rings. The van der Waals surface area contributed by atoms with E-state index < -0.39 is 10.0 Å². The Morgan fingerprint density at radius 1 is 1.15 bits per heavy atom. The van der Waals surface area contributed by atoms with Gasteiger partial charge in [-0.3, -0.25) is 0 Å². The first kappa shape index (κ1) is 31.3. The van der Waals surface area contributed by atoms with Crippen molar-refractivity contribution in [1.29, 1.82) is 0 Å². The summed E-state index contributed by atoms with van der Waals surface area (Å²) < 4.78 is 29.3.